The van der Waals surface area contributed by atoms with Gasteiger partial charge >= 0.3 is 5.97 Å². The van der Waals surface area contributed by atoms with Crippen LogP contribution in [0.15, 0.2) is 30.3 Å². The molecule has 1 aromatic carbocycles. The van der Waals surface area contributed by atoms with Crippen molar-refractivity contribution >= 4 is 11.8 Å². The van der Waals surface area contributed by atoms with Gasteiger partial charge in [-0.05, 0) is 29.5 Å². The average molecular weight is 298 g/mol. The van der Waals surface area contributed by atoms with Gasteiger partial charge in [0.15, 0.2) is 0 Å². The number of pyridine rings is 1. The minimum absolute atomic E-state index is 0.107. The maximum absolute atomic E-state index is 11.7. The normalized spacial score (nSPS) is 11.3. The van der Waals surface area contributed by atoms with Gasteiger partial charge < -0.3 is 10.5 Å². The van der Waals surface area contributed by atoms with Gasteiger partial charge in [0.1, 0.15) is 11.4 Å². The number of aromatic nitrogens is 1. The fourth-order valence-electron chi connectivity index (χ4n) is 2.35. The standard InChI is InChI=1S/C18H22N2O2/c1-11-10-14(20-16(19)15(11)17(21)22-5)12-6-8-13(9-7-12)18(2,3)4/h6-10H,1-5H3,(H2,19,20). The molecule has 22 heavy (non-hydrogen) atoms. The minimum atomic E-state index is -0.461. The number of ether oxygens (including phenoxy) is 1. The van der Waals surface area contributed by atoms with E-state index in [0.717, 1.165) is 16.8 Å². The lowest BCUT2D eigenvalue weighted by atomic mass is 9.86. The predicted molar refractivity (Wildman–Crippen MR) is 88.9 cm³/mol. The largest absolute Gasteiger partial charge is 0.465 e. The molecule has 0 aliphatic heterocycles. The Morgan fingerprint density at radius 2 is 1.77 bits per heavy atom. The van der Waals surface area contributed by atoms with E-state index in [9.17, 15) is 4.79 Å². The first kappa shape index (κ1) is 16.0. The van der Waals surface area contributed by atoms with Crippen LogP contribution in [0, 0.1) is 6.92 Å². The lowest BCUT2D eigenvalue weighted by Crippen LogP contribution is -2.11. The van der Waals surface area contributed by atoms with Gasteiger partial charge in [0, 0.05) is 5.56 Å². The molecular weight excluding hydrogens is 276 g/mol. The first-order valence-electron chi connectivity index (χ1n) is 7.20. The molecule has 0 saturated carbocycles. The molecule has 116 valence electrons. The molecule has 0 radical (unpaired) electrons. The number of carbonyl (C=O) groups excluding carboxylic acids is 1. The van der Waals surface area contributed by atoms with E-state index >= 15 is 0 Å². The van der Waals surface area contributed by atoms with Crippen molar-refractivity contribution in [3.63, 3.8) is 0 Å². The van der Waals surface area contributed by atoms with Crippen molar-refractivity contribution in [1.82, 2.24) is 4.98 Å². The van der Waals surface area contributed by atoms with Crippen LogP contribution in [0.3, 0.4) is 0 Å². The summed E-state index contributed by atoms with van der Waals surface area (Å²) in [6.45, 7) is 8.35. The lowest BCUT2D eigenvalue weighted by molar-refractivity contribution is 0.0601. The number of esters is 1. The Morgan fingerprint density at radius 3 is 2.23 bits per heavy atom. The second-order valence-electron chi connectivity index (χ2n) is 6.40. The number of anilines is 1. The Balaban J connectivity index is 2.44. The van der Waals surface area contributed by atoms with E-state index in [-0.39, 0.29) is 11.2 Å². The first-order valence-corrected chi connectivity index (χ1v) is 7.20. The first-order chi connectivity index (χ1) is 10.2. The van der Waals surface area contributed by atoms with Crippen LogP contribution < -0.4 is 5.73 Å². The molecule has 0 bridgehead atoms. The number of hydrogen-bond acceptors (Lipinski definition) is 4. The third-order valence-corrected chi connectivity index (χ3v) is 3.68. The number of nitrogen functional groups attached to an aromatic ring is 1. The molecule has 1 aromatic heterocycles. The Hall–Kier alpha value is -2.36. The second-order valence-corrected chi connectivity index (χ2v) is 6.40. The molecule has 2 aromatic rings. The SMILES string of the molecule is COC(=O)c1c(C)cc(-c2ccc(C(C)(C)C)cc2)nc1N. The fourth-order valence-corrected chi connectivity index (χ4v) is 2.35. The highest BCUT2D eigenvalue weighted by atomic mass is 16.5. The Morgan fingerprint density at radius 1 is 1.18 bits per heavy atom. The Labute approximate surface area is 131 Å². The summed E-state index contributed by atoms with van der Waals surface area (Å²) in [5.74, 6) is -0.265. The zero-order valence-electron chi connectivity index (χ0n) is 13.7. The lowest BCUT2D eigenvalue weighted by Gasteiger charge is -2.19. The monoisotopic (exact) mass is 298 g/mol. The van der Waals surface area contributed by atoms with Crippen LogP contribution in [-0.2, 0) is 10.2 Å². The van der Waals surface area contributed by atoms with Crippen LogP contribution >= 0.6 is 0 Å². The van der Waals surface area contributed by atoms with E-state index in [0.29, 0.717) is 5.56 Å². The average Bonchev–Trinajstić information content (AvgIpc) is 2.45. The van der Waals surface area contributed by atoms with E-state index in [4.69, 9.17) is 10.5 Å². The Bertz CT molecular complexity index is 675. The minimum Gasteiger partial charge on any atom is -0.465 e. The number of methoxy groups -OCH3 is 1. The summed E-state index contributed by atoms with van der Waals surface area (Å²) < 4.78 is 4.74. The highest BCUT2D eigenvalue weighted by molar-refractivity contribution is 5.96. The summed E-state index contributed by atoms with van der Waals surface area (Å²) in [6, 6.07) is 10.1. The summed E-state index contributed by atoms with van der Waals surface area (Å²) in [5.41, 5.74) is 10.1. The number of aryl methyl sites for hydroxylation is 1. The highest BCUT2D eigenvalue weighted by Crippen LogP contribution is 2.27. The molecule has 4 nitrogen and oxygen atoms in total. The number of hydrogen-bond donors (Lipinski definition) is 1. The number of benzene rings is 1. The highest BCUT2D eigenvalue weighted by Gasteiger charge is 2.17. The number of nitrogens with zero attached hydrogens (tertiary/aromatic N) is 1. The maximum Gasteiger partial charge on any atom is 0.341 e. The van der Waals surface area contributed by atoms with E-state index in [1.807, 2.05) is 25.1 Å². The van der Waals surface area contributed by atoms with Crippen LogP contribution in [0.1, 0.15) is 42.3 Å². The smallest absolute Gasteiger partial charge is 0.341 e. The van der Waals surface area contributed by atoms with Gasteiger partial charge in [0.25, 0.3) is 0 Å². The molecule has 0 amide bonds. The van der Waals surface area contributed by atoms with Gasteiger partial charge in [0.05, 0.1) is 12.8 Å². The maximum atomic E-state index is 11.7. The van der Waals surface area contributed by atoms with Crippen molar-refractivity contribution in [2.75, 3.05) is 12.8 Å². The molecule has 0 saturated heterocycles. The van der Waals surface area contributed by atoms with Gasteiger partial charge in [-0.2, -0.15) is 0 Å². The number of carbonyl (C=O) groups is 1. The molecule has 2 N–H and O–H groups in total. The molecule has 0 fully saturated rings. The topological polar surface area (TPSA) is 65.2 Å². The quantitative estimate of drug-likeness (QED) is 0.858. The van der Waals surface area contributed by atoms with Gasteiger partial charge in [-0.15, -0.1) is 0 Å². The van der Waals surface area contributed by atoms with E-state index in [2.05, 4.69) is 37.9 Å². The fraction of sp³-hybridized carbons (Fsp3) is 0.333. The van der Waals surface area contributed by atoms with Crippen LogP contribution in [0.25, 0.3) is 11.3 Å². The van der Waals surface area contributed by atoms with Crippen molar-refractivity contribution in [3.05, 3.63) is 47.0 Å². The van der Waals surface area contributed by atoms with Gasteiger partial charge in [-0.25, -0.2) is 9.78 Å². The molecule has 0 aliphatic carbocycles. The third-order valence-electron chi connectivity index (χ3n) is 3.68. The molecule has 0 unspecified atom stereocenters. The molecule has 4 heteroatoms. The van der Waals surface area contributed by atoms with Gasteiger partial charge in [-0.3, -0.25) is 0 Å². The summed E-state index contributed by atoms with van der Waals surface area (Å²) in [7, 11) is 1.33. The zero-order valence-corrected chi connectivity index (χ0v) is 13.7. The summed E-state index contributed by atoms with van der Waals surface area (Å²) in [5, 5.41) is 0. The Kier molecular flexibility index (Phi) is 4.22. The molecule has 2 rings (SSSR count). The van der Waals surface area contributed by atoms with Crippen LogP contribution in [0.4, 0.5) is 5.82 Å². The molecule has 0 atom stereocenters. The van der Waals surface area contributed by atoms with Gasteiger partial charge in [-0.1, -0.05) is 45.0 Å². The van der Waals surface area contributed by atoms with Crippen LogP contribution in [-0.4, -0.2) is 18.1 Å². The van der Waals surface area contributed by atoms with Crippen molar-refractivity contribution in [1.29, 1.82) is 0 Å². The second kappa shape index (κ2) is 5.79. The van der Waals surface area contributed by atoms with Crippen LogP contribution in [0.5, 0.6) is 0 Å². The van der Waals surface area contributed by atoms with Crippen molar-refractivity contribution in [2.45, 2.75) is 33.1 Å². The van der Waals surface area contributed by atoms with Crippen molar-refractivity contribution in [3.8, 4) is 11.3 Å². The van der Waals surface area contributed by atoms with E-state index in [1.165, 1.54) is 12.7 Å². The summed E-state index contributed by atoms with van der Waals surface area (Å²) >= 11 is 0. The van der Waals surface area contributed by atoms with Crippen LogP contribution in [0.2, 0.25) is 0 Å². The molecule has 0 aliphatic rings. The third kappa shape index (κ3) is 3.11. The summed E-state index contributed by atoms with van der Waals surface area (Å²) in [6.07, 6.45) is 0. The molecule has 0 spiro atoms. The molecular formula is C18H22N2O2. The number of rotatable bonds is 2. The van der Waals surface area contributed by atoms with E-state index in [1.54, 1.807) is 0 Å². The van der Waals surface area contributed by atoms with Crippen molar-refractivity contribution in [2.24, 2.45) is 0 Å². The predicted octanol–water partition coefficient (Wildman–Crippen LogP) is 3.72. The van der Waals surface area contributed by atoms with Gasteiger partial charge in [0.2, 0.25) is 0 Å². The van der Waals surface area contributed by atoms with E-state index < -0.39 is 5.97 Å². The van der Waals surface area contributed by atoms with Crippen molar-refractivity contribution < 1.29 is 9.53 Å². The molecule has 1 heterocycles. The number of nitrogens with two attached hydrogens (primary N) is 1. The zero-order chi connectivity index (χ0) is 16.5. The summed E-state index contributed by atoms with van der Waals surface area (Å²) in [4.78, 5) is 16.1.